The zero-order chi connectivity index (χ0) is 16.4. The third kappa shape index (κ3) is 3.15. The van der Waals surface area contributed by atoms with Gasteiger partial charge in [-0.15, -0.1) is 10.2 Å². The number of benzene rings is 1. The van der Waals surface area contributed by atoms with E-state index in [9.17, 15) is 8.42 Å². The normalized spacial score (nSPS) is 19.8. The molecule has 0 bridgehead atoms. The summed E-state index contributed by atoms with van der Waals surface area (Å²) in [5, 5.41) is 7.74. The maximum Gasteiger partial charge on any atom is 0.243 e. The molecule has 0 radical (unpaired) electrons. The van der Waals surface area contributed by atoms with Crippen LogP contribution in [0, 0.1) is 6.92 Å². The Hall–Kier alpha value is -1.77. The second-order valence-corrected chi connectivity index (χ2v) is 7.26. The van der Waals surface area contributed by atoms with E-state index in [1.807, 2.05) is 13.0 Å². The summed E-state index contributed by atoms with van der Waals surface area (Å²) in [7, 11) is -3.66. The van der Waals surface area contributed by atoms with Crippen LogP contribution in [-0.2, 0) is 21.2 Å². The molecule has 0 saturated carbocycles. The van der Waals surface area contributed by atoms with Gasteiger partial charge in [0.15, 0.2) is 0 Å². The molecule has 1 atom stereocenters. The Bertz CT molecular complexity index is 788. The first-order valence-corrected chi connectivity index (χ1v) is 8.95. The minimum absolute atomic E-state index is 0.203. The fourth-order valence-corrected chi connectivity index (χ4v) is 4.20. The Morgan fingerprint density at radius 3 is 2.87 bits per heavy atom. The predicted molar refractivity (Wildman–Crippen MR) is 82.3 cm³/mol. The number of sulfonamides is 1. The zero-order valence-corrected chi connectivity index (χ0v) is 13.9. The number of ether oxygens (including phenoxy) is 1. The van der Waals surface area contributed by atoms with Crippen LogP contribution >= 0.6 is 0 Å². The highest BCUT2D eigenvalue weighted by molar-refractivity contribution is 7.89. The van der Waals surface area contributed by atoms with E-state index in [2.05, 4.69) is 10.2 Å². The SMILES string of the molecule is CCc1cccc(S(=O)(=O)N2CCOC[C@@H]2c2nnc(C)o2)c1. The summed E-state index contributed by atoms with van der Waals surface area (Å²) >= 11 is 0. The molecule has 0 N–H and O–H groups in total. The minimum Gasteiger partial charge on any atom is -0.424 e. The molecular formula is C15H19N3O4S. The summed E-state index contributed by atoms with van der Waals surface area (Å²) in [6, 6.07) is 6.40. The standard InChI is InChI=1S/C15H19N3O4S/c1-3-12-5-4-6-13(9-12)23(19,20)18-7-8-21-10-14(18)15-17-16-11(2)22-15/h4-6,9,14H,3,7-8,10H2,1-2H3/t14-/m1/s1. The molecule has 1 saturated heterocycles. The average Bonchev–Trinajstić information content (AvgIpc) is 3.01. The smallest absolute Gasteiger partial charge is 0.243 e. The molecule has 1 aromatic carbocycles. The van der Waals surface area contributed by atoms with Crippen molar-refractivity contribution in [3.8, 4) is 0 Å². The fourth-order valence-electron chi connectivity index (χ4n) is 2.58. The van der Waals surface area contributed by atoms with Gasteiger partial charge in [0.1, 0.15) is 6.04 Å². The third-order valence-electron chi connectivity index (χ3n) is 3.82. The molecule has 1 aliphatic rings. The Morgan fingerprint density at radius 2 is 2.17 bits per heavy atom. The van der Waals surface area contributed by atoms with E-state index in [-0.39, 0.29) is 23.9 Å². The van der Waals surface area contributed by atoms with E-state index >= 15 is 0 Å². The van der Waals surface area contributed by atoms with Crippen LogP contribution in [0.1, 0.15) is 30.3 Å². The highest BCUT2D eigenvalue weighted by Crippen LogP contribution is 2.30. The van der Waals surface area contributed by atoms with Crippen molar-refractivity contribution in [1.29, 1.82) is 0 Å². The summed E-state index contributed by atoms with van der Waals surface area (Å²) in [6.07, 6.45) is 0.777. The molecule has 0 aliphatic carbocycles. The van der Waals surface area contributed by atoms with Crippen molar-refractivity contribution in [2.75, 3.05) is 19.8 Å². The molecule has 0 unspecified atom stereocenters. The van der Waals surface area contributed by atoms with E-state index in [0.29, 0.717) is 12.5 Å². The zero-order valence-electron chi connectivity index (χ0n) is 13.1. The van der Waals surface area contributed by atoms with Gasteiger partial charge in [0, 0.05) is 13.5 Å². The number of hydrogen-bond acceptors (Lipinski definition) is 6. The van der Waals surface area contributed by atoms with Crippen LogP contribution in [0.2, 0.25) is 0 Å². The van der Waals surface area contributed by atoms with Crippen molar-refractivity contribution >= 4 is 10.0 Å². The second-order valence-electron chi connectivity index (χ2n) is 5.37. The predicted octanol–water partition coefficient (Wildman–Crippen LogP) is 1.70. The number of aromatic nitrogens is 2. The fraction of sp³-hybridized carbons (Fsp3) is 0.467. The Balaban J connectivity index is 1.98. The first-order valence-electron chi connectivity index (χ1n) is 7.51. The third-order valence-corrected chi connectivity index (χ3v) is 5.72. The van der Waals surface area contributed by atoms with Gasteiger partial charge in [-0.1, -0.05) is 19.1 Å². The lowest BCUT2D eigenvalue weighted by Gasteiger charge is -2.32. The topological polar surface area (TPSA) is 85.5 Å². The van der Waals surface area contributed by atoms with E-state index in [4.69, 9.17) is 9.15 Å². The largest absolute Gasteiger partial charge is 0.424 e. The van der Waals surface area contributed by atoms with Crippen LogP contribution in [0.3, 0.4) is 0 Å². The summed E-state index contributed by atoms with van der Waals surface area (Å²) in [5.74, 6) is 0.660. The lowest BCUT2D eigenvalue weighted by atomic mass is 10.2. The van der Waals surface area contributed by atoms with Crippen LogP contribution in [0.25, 0.3) is 0 Å². The van der Waals surface area contributed by atoms with Gasteiger partial charge in [0.2, 0.25) is 21.8 Å². The van der Waals surface area contributed by atoms with Crippen LogP contribution in [0.5, 0.6) is 0 Å². The number of aryl methyl sites for hydroxylation is 2. The lowest BCUT2D eigenvalue weighted by Crippen LogP contribution is -2.43. The van der Waals surface area contributed by atoms with Crippen molar-refractivity contribution in [2.45, 2.75) is 31.2 Å². The van der Waals surface area contributed by atoms with Gasteiger partial charge in [-0.05, 0) is 24.1 Å². The minimum atomic E-state index is -3.66. The molecule has 8 heteroatoms. The summed E-state index contributed by atoms with van der Waals surface area (Å²) in [6.45, 7) is 4.46. The van der Waals surface area contributed by atoms with Gasteiger partial charge in [-0.2, -0.15) is 4.31 Å². The number of hydrogen-bond donors (Lipinski definition) is 0. The highest BCUT2D eigenvalue weighted by atomic mass is 32.2. The number of rotatable bonds is 4. The Kier molecular flexibility index (Phi) is 4.47. The molecule has 0 spiro atoms. The molecule has 23 heavy (non-hydrogen) atoms. The van der Waals surface area contributed by atoms with Gasteiger partial charge >= 0.3 is 0 Å². The van der Waals surface area contributed by atoms with E-state index in [1.165, 1.54) is 4.31 Å². The van der Waals surface area contributed by atoms with Gasteiger partial charge in [-0.25, -0.2) is 8.42 Å². The monoisotopic (exact) mass is 337 g/mol. The molecular weight excluding hydrogens is 318 g/mol. The van der Waals surface area contributed by atoms with Gasteiger partial charge in [-0.3, -0.25) is 0 Å². The molecule has 7 nitrogen and oxygen atoms in total. The average molecular weight is 337 g/mol. The molecule has 3 rings (SSSR count). The number of morpholine rings is 1. The van der Waals surface area contributed by atoms with E-state index < -0.39 is 16.1 Å². The highest BCUT2D eigenvalue weighted by Gasteiger charge is 2.38. The van der Waals surface area contributed by atoms with Gasteiger partial charge < -0.3 is 9.15 Å². The molecule has 0 amide bonds. The van der Waals surface area contributed by atoms with Crippen molar-refractivity contribution in [3.05, 3.63) is 41.6 Å². The van der Waals surface area contributed by atoms with E-state index in [1.54, 1.807) is 25.1 Å². The molecule has 2 aromatic rings. The van der Waals surface area contributed by atoms with Gasteiger partial charge in [0.25, 0.3) is 0 Å². The molecule has 124 valence electrons. The van der Waals surface area contributed by atoms with Crippen LogP contribution in [0.4, 0.5) is 0 Å². The molecule has 1 aliphatic heterocycles. The van der Waals surface area contributed by atoms with Gasteiger partial charge in [0.05, 0.1) is 18.1 Å². The lowest BCUT2D eigenvalue weighted by molar-refractivity contribution is 0.0221. The van der Waals surface area contributed by atoms with E-state index in [0.717, 1.165) is 12.0 Å². The second kappa shape index (κ2) is 6.38. The Labute approximate surface area is 135 Å². The first kappa shape index (κ1) is 16.1. The summed E-state index contributed by atoms with van der Waals surface area (Å²) in [5.41, 5.74) is 0.976. The molecule has 1 aromatic heterocycles. The van der Waals surface area contributed by atoms with Crippen molar-refractivity contribution in [1.82, 2.24) is 14.5 Å². The Morgan fingerprint density at radius 1 is 1.35 bits per heavy atom. The summed E-state index contributed by atoms with van der Waals surface area (Å²) in [4.78, 5) is 0.278. The quantitative estimate of drug-likeness (QED) is 0.844. The van der Waals surface area contributed by atoms with Crippen LogP contribution in [-0.4, -0.2) is 42.7 Å². The van der Waals surface area contributed by atoms with Crippen LogP contribution in [0.15, 0.2) is 33.6 Å². The van der Waals surface area contributed by atoms with Crippen molar-refractivity contribution in [3.63, 3.8) is 0 Å². The number of nitrogens with zero attached hydrogens (tertiary/aromatic N) is 3. The maximum atomic E-state index is 13.0. The first-order chi connectivity index (χ1) is 11.0. The van der Waals surface area contributed by atoms with Crippen LogP contribution < -0.4 is 0 Å². The molecule has 1 fully saturated rings. The maximum absolute atomic E-state index is 13.0. The summed E-state index contributed by atoms with van der Waals surface area (Å²) < 4.78 is 38.3. The van der Waals surface area contributed by atoms with Crippen molar-refractivity contribution < 1.29 is 17.6 Å². The van der Waals surface area contributed by atoms with Crippen molar-refractivity contribution in [2.24, 2.45) is 0 Å². The molecule has 2 heterocycles.